The number of amides is 1. The highest BCUT2D eigenvalue weighted by Gasteiger charge is 2.22. The Kier molecular flexibility index (Phi) is 5.10. The SMILES string of the molecule is CCCC(C)(C)NC(=O)c1cc(Br)cnc1NN. The number of nitrogens with two attached hydrogens (primary N) is 1. The molecule has 0 saturated carbocycles. The molecule has 0 radical (unpaired) electrons. The van der Waals surface area contributed by atoms with Crippen LogP contribution in [-0.2, 0) is 0 Å². The van der Waals surface area contributed by atoms with Gasteiger partial charge in [0.1, 0.15) is 0 Å². The van der Waals surface area contributed by atoms with Gasteiger partial charge in [-0.25, -0.2) is 10.8 Å². The third kappa shape index (κ3) is 3.96. The summed E-state index contributed by atoms with van der Waals surface area (Å²) in [5.74, 6) is 5.53. The van der Waals surface area contributed by atoms with Gasteiger partial charge in [0.05, 0.1) is 5.56 Å². The molecule has 1 aromatic rings. The molecule has 0 aliphatic heterocycles. The van der Waals surface area contributed by atoms with Crippen molar-refractivity contribution < 1.29 is 4.79 Å². The molecule has 0 saturated heterocycles. The maximum absolute atomic E-state index is 12.2. The van der Waals surface area contributed by atoms with Crippen molar-refractivity contribution >= 4 is 27.7 Å². The number of rotatable bonds is 5. The van der Waals surface area contributed by atoms with Gasteiger partial charge in [-0.05, 0) is 42.3 Å². The van der Waals surface area contributed by atoms with Gasteiger partial charge in [0.2, 0.25) is 0 Å². The van der Waals surface area contributed by atoms with Gasteiger partial charge < -0.3 is 10.7 Å². The molecule has 0 fully saturated rings. The predicted molar refractivity (Wildman–Crippen MR) is 76.2 cm³/mol. The number of hydrogen-bond acceptors (Lipinski definition) is 4. The average Bonchev–Trinajstić information content (AvgIpc) is 2.28. The van der Waals surface area contributed by atoms with Gasteiger partial charge in [-0.15, -0.1) is 0 Å². The molecule has 0 aliphatic carbocycles. The Labute approximate surface area is 116 Å². The fourth-order valence-electron chi connectivity index (χ4n) is 1.79. The van der Waals surface area contributed by atoms with E-state index in [4.69, 9.17) is 5.84 Å². The summed E-state index contributed by atoms with van der Waals surface area (Å²) in [5, 5.41) is 2.98. The topological polar surface area (TPSA) is 80.0 Å². The first-order valence-electron chi connectivity index (χ1n) is 5.84. The number of hydrogen-bond donors (Lipinski definition) is 3. The number of carbonyl (C=O) groups excluding carboxylic acids is 1. The number of carbonyl (C=O) groups is 1. The minimum atomic E-state index is -0.250. The number of nitrogens with one attached hydrogen (secondary N) is 2. The summed E-state index contributed by atoms with van der Waals surface area (Å²) in [6, 6.07) is 1.69. The van der Waals surface area contributed by atoms with Crippen molar-refractivity contribution in [3.05, 3.63) is 22.3 Å². The van der Waals surface area contributed by atoms with Gasteiger partial charge in [-0.2, -0.15) is 0 Å². The molecule has 0 bridgehead atoms. The molecular weight excluding hydrogens is 296 g/mol. The smallest absolute Gasteiger partial charge is 0.255 e. The molecule has 0 aromatic carbocycles. The van der Waals surface area contributed by atoms with Crippen LogP contribution in [-0.4, -0.2) is 16.4 Å². The van der Waals surface area contributed by atoms with E-state index >= 15 is 0 Å². The fourth-order valence-corrected chi connectivity index (χ4v) is 2.12. The minimum absolute atomic E-state index is 0.185. The van der Waals surface area contributed by atoms with Crippen LogP contribution >= 0.6 is 15.9 Å². The molecule has 0 unspecified atom stereocenters. The second-order valence-electron chi connectivity index (χ2n) is 4.78. The van der Waals surface area contributed by atoms with E-state index in [-0.39, 0.29) is 11.4 Å². The molecule has 1 aromatic heterocycles. The molecule has 5 nitrogen and oxygen atoms in total. The third-order valence-corrected chi connectivity index (χ3v) is 3.00. The largest absolute Gasteiger partial charge is 0.347 e. The highest BCUT2D eigenvalue weighted by atomic mass is 79.9. The number of nitrogen functional groups attached to an aromatic ring is 1. The molecule has 4 N–H and O–H groups in total. The zero-order valence-electron chi connectivity index (χ0n) is 10.9. The number of pyridine rings is 1. The molecule has 1 rings (SSSR count). The van der Waals surface area contributed by atoms with Crippen LogP contribution in [0.15, 0.2) is 16.7 Å². The zero-order chi connectivity index (χ0) is 13.8. The van der Waals surface area contributed by atoms with Crippen molar-refractivity contribution in [1.29, 1.82) is 0 Å². The second kappa shape index (κ2) is 6.15. The van der Waals surface area contributed by atoms with E-state index in [2.05, 4.69) is 38.6 Å². The summed E-state index contributed by atoms with van der Waals surface area (Å²) in [6.07, 6.45) is 3.50. The number of aromatic nitrogens is 1. The average molecular weight is 315 g/mol. The number of halogens is 1. The number of nitrogens with zero attached hydrogens (tertiary/aromatic N) is 1. The Morgan fingerprint density at radius 3 is 2.78 bits per heavy atom. The molecular formula is C12H19BrN4O. The van der Waals surface area contributed by atoms with Crippen LogP contribution in [0, 0.1) is 0 Å². The first-order chi connectivity index (χ1) is 8.39. The van der Waals surface area contributed by atoms with Crippen molar-refractivity contribution in [3.8, 4) is 0 Å². The summed E-state index contributed by atoms with van der Waals surface area (Å²) >= 11 is 3.29. The lowest BCUT2D eigenvalue weighted by Crippen LogP contribution is -2.43. The van der Waals surface area contributed by atoms with Crippen molar-refractivity contribution in [1.82, 2.24) is 10.3 Å². The third-order valence-electron chi connectivity index (χ3n) is 2.56. The standard InChI is InChI=1S/C12H19BrN4O/c1-4-5-12(2,3)16-11(18)9-6-8(13)7-15-10(9)17-14/h6-7H,4-5,14H2,1-3H3,(H,15,17)(H,16,18). The van der Waals surface area contributed by atoms with E-state index in [0.29, 0.717) is 11.4 Å². The minimum Gasteiger partial charge on any atom is -0.347 e. The highest BCUT2D eigenvalue weighted by molar-refractivity contribution is 9.10. The summed E-state index contributed by atoms with van der Waals surface area (Å²) in [7, 11) is 0. The van der Waals surface area contributed by atoms with E-state index < -0.39 is 0 Å². The van der Waals surface area contributed by atoms with Crippen molar-refractivity contribution in [2.24, 2.45) is 5.84 Å². The molecule has 0 atom stereocenters. The Morgan fingerprint density at radius 1 is 1.56 bits per heavy atom. The van der Waals surface area contributed by atoms with Gasteiger partial charge in [0.25, 0.3) is 5.91 Å². The Hall–Kier alpha value is -1.14. The van der Waals surface area contributed by atoms with Gasteiger partial charge in [0.15, 0.2) is 5.82 Å². The molecule has 0 aliphatic rings. The van der Waals surface area contributed by atoms with Crippen LogP contribution in [0.3, 0.4) is 0 Å². The fraction of sp³-hybridized carbons (Fsp3) is 0.500. The Morgan fingerprint density at radius 2 is 2.22 bits per heavy atom. The highest BCUT2D eigenvalue weighted by Crippen LogP contribution is 2.19. The summed E-state index contributed by atoms with van der Waals surface area (Å²) in [4.78, 5) is 16.2. The summed E-state index contributed by atoms with van der Waals surface area (Å²) in [6.45, 7) is 6.08. The first-order valence-corrected chi connectivity index (χ1v) is 6.63. The van der Waals surface area contributed by atoms with Crippen LogP contribution < -0.4 is 16.6 Å². The maximum atomic E-state index is 12.2. The second-order valence-corrected chi connectivity index (χ2v) is 5.70. The lowest BCUT2D eigenvalue weighted by atomic mass is 9.98. The monoisotopic (exact) mass is 314 g/mol. The number of hydrazine groups is 1. The lowest BCUT2D eigenvalue weighted by molar-refractivity contribution is 0.0909. The summed E-state index contributed by atoms with van der Waals surface area (Å²) < 4.78 is 0.736. The van der Waals surface area contributed by atoms with E-state index in [1.165, 1.54) is 0 Å². The van der Waals surface area contributed by atoms with Gasteiger partial charge in [-0.3, -0.25) is 4.79 Å². The molecule has 1 heterocycles. The lowest BCUT2D eigenvalue weighted by Gasteiger charge is -2.26. The summed E-state index contributed by atoms with van der Waals surface area (Å²) in [5.41, 5.74) is 2.61. The van der Waals surface area contributed by atoms with E-state index in [1.54, 1.807) is 12.3 Å². The molecule has 100 valence electrons. The molecule has 1 amide bonds. The maximum Gasteiger partial charge on any atom is 0.255 e. The molecule has 6 heteroatoms. The van der Waals surface area contributed by atoms with Crippen molar-refractivity contribution in [3.63, 3.8) is 0 Å². The van der Waals surface area contributed by atoms with Gasteiger partial charge in [-0.1, -0.05) is 13.3 Å². The number of anilines is 1. The predicted octanol–water partition coefficient (Wildman–Crippen LogP) is 2.44. The van der Waals surface area contributed by atoms with Crippen molar-refractivity contribution in [2.75, 3.05) is 5.43 Å². The van der Waals surface area contributed by atoms with Crippen LogP contribution in [0.5, 0.6) is 0 Å². The van der Waals surface area contributed by atoms with Crippen LogP contribution in [0.2, 0.25) is 0 Å². The van der Waals surface area contributed by atoms with Gasteiger partial charge in [0, 0.05) is 16.2 Å². The van der Waals surface area contributed by atoms with Gasteiger partial charge >= 0.3 is 0 Å². The molecule has 0 spiro atoms. The Balaban J connectivity index is 2.93. The van der Waals surface area contributed by atoms with Crippen LogP contribution in [0.4, 0.5) is 5.82 Å². The molecule has 18 heavy (non-hydrogen) atoms. The van der Waals surface area contributed by atoms with E-state index in [9.17, 15) is 4.79 Å². The normalized spacial score (nSPS) is 11.2. The van der Waals surface area contributed by atoms with Crippen LogP contribution in [0.25, 0.3) is 0 Å². The quantitative estimate of drug-likeness (QED) is 0.576. The Bertz CT molecular complexity index is 434. The zero-order valence-corrected chi connectivity index (χ0v) is 12.5. The van der Waals surface area contributed by atoms with E-state index in [0.717, 1.165) is 17.3 Å². The van der Waals surface area contributed by atoms with E-state index in [1.807, 2.05) is 13.8 Å². The first kappa shape index (κ1) is 14.9. The van der Waals surface area contributed by atoms with Crippen molar-refractivity contribution in [2.45, 2.75) is 39.2 Å². The van der Waals surface area contributed by atoms with Crippen LogP contribution in [0.1, 0.15) is 44.0 Å².